The smallest absolute Gasteiger partial charge is 0.214 e. The lowest BCUT2D eigenvalue weighted by Crippen LogP contribution is -2.31. The average molecular weight is 241 g/mol. The van der Waals surface area contributed by atoms with E-state index in [1.807, 2.05) is 6.07 Å². The van der Waals surface area contributed by atoms with Crippen LogP contribution in [0, 0.1) is 0 Å². The molecule has 3 aromatic rings. The van der Waals surface area contributed by atoms with Crippen LogP contribution in [0.15, 0.2) is 35.2 Å². The van der Waals surface area contributed by atoms with E-state index in [2.05, 4.69) is 55.7 Å². The predicted molar refractivity (Wildman–Crippen MR) is 71.4 cm³/mol. The van der Waals surface area contributed by atoms with Gasteiger partial charge in [0.15, 0.2) is 18.2 Å². The highest BCUT2D eigenvalue weighted by atomic mass is 16.3. The molecule has 2 aromatic heterocycles. The van der Waals surface area contributed by atoms with Gasteiger partial charge < -0.3 is 4.42 Å². The van der Waals surface area contributed by atoms with Crippen LogP contribution in [0.2, 0.25) is 0 Å². The lowest BCUT2D eigenvalue weighted by atomic mass is 9.87. The van der Waals surface area contributed by atoms with Gasteiger partial charge in [-0.1, -0.05) is 20.8 Å². The first kappa shape index (κ1) is 11.2. The SMILES string of the molecule is C[n+]1cc(C(C)(C)C)cc2c3ncoc3ccc21. The molecule has 0 fully saturated rings. The van der Waals surface area contributed by atoms with Gasteiger partial charge in [0, 0.05) is 11.6 Å². The molecule has 3 nitrogen and oxygen atoms in total. The molecule has 0 aliphatic heterocycles. The van der Waals surface area contributed by atoms with Gasteiger partial charge in [-0.05, 0) is 17.5 Å². The van der Waals surface area contributed by atoms with Gasteiger partial charge in [0.05, 0.1) is 5.39 Å². The largest absolute Gasteiger partial charge is 0.443 e. The van der Waals surface area contributed by atoms with Crippen LogP contribution < -0.4 is 4.57 Å². The Morgan fingerprint density at radius 3 is 2.72 bits per heavy atom. The van der Waals surface area contributed by atoms with E-state index in [1.165, 1.54) is 17.5 Å². The second-order valence-electron chi connectivity index (χ2n) is 5.79. The van der Waals surface area contributed by atoms with Crippen molar-refractivity contribution in [2.45, 2.75) is 26.2 Å². The van der Waals surface area contributed by atoms with E-state index >= 15 is 0 Å². The second-order valence-corrected chi connectivity index (χ2v) is 5.79. The Morgan fingerprint density at radius 1 is 1.22 bits per heavy atom. The number of fused-ring (bicyclic) bond motifs is 3. The zero-order valence-corrected chi connectivity index (χ0v) is 11.2. The number of pyridine rings is 1. The van der Waals surface area contributed by atoms with Crippen LogP contribution in [0.1, 0.15) is 26.3 Å². The normalized spacial score (nSPS) is 12.4. The third-order valence-electron chi connectivity index (χ3n) is 3.40. The van der Waals surface area contributed by atoms with Crippen LogP contribution in [0.3, 0.4) is 0 Å². The topological polar surface area (TPSA) is 29.9 Å². The predicted octanol–water partition coefficient (Wildman–Crippen LogP) is 3.10. The first-order valence-electron chi connectivity index (χ1n) is 6.13. The third-order valence-corrected chi connectivity index (χ3v) is 3.40. The summed E-state index contributed by atoms with van der Waals surface area (Å²) in [5.41, 5.74) is 4.37. The van der Waals surface area contributed by atoms with Gasteiger partial charge in [0.1, 0.15) is 12.6 Å². The zero-order chi connectivity index (χ0) is 12.9. The quantitative estimate of drug-likeness (QED) is 0.566. The fourth-order valence-corrected chi connectivity index (χ4v) is 2.27. The van der Waals surface area contributed by atoms with Crippen molar-refractivity contribution in [3.63, 3.8) is 0 Å². The van der Waals surface area contributed by atoms with Crippen molar-refractivity contribution in [3.8, 4) is 0 Å². The van der Waals surface area contributed by atoms with Gasteiger partial charge in [0.25, 0.3) is 0 Å². The molecule has 0 N–H and O–H groups in total. The van der Waals surface area contributed by atoms with Crippen molar-refractivity contribution in [1.29, 1.82) is 0 Å². The van der Waals surface area contributed by atoms with E-state index < -0.39 is 0 Å². The Kier molecular flexibility index (Phi) is 2.21. The number of benzene rings is 1. The molecule has 0 bridgehead atoms. The van der Waals surface area contributed by atoms with Crippen molar-refractivity contribution < 1.29 is 8.98 Å². The van der Waals surface area contributed by atoms with E-state index in [9.17, 15) is 0 Å². The molecule has 0 saturated carbocycles. The van der Waals surface area contributed by atoms with Crippen molar-refractivity contribution in [2.24, 2.45) is 7.05 Å². The summed E-state index contributed by atoms with van der Waals surface area (Å²) in [6.45, 7) is 6.66. The van der Waals surface area contributed by atoms with E-state index in [0.717, 1.165) is 16.5 Å². The lowest BCUT2D eigenvalue weighted by Gasteiger charge is -2.17. The van der Waals surface area contributed by atoms with Crippen molar-refractivity contribution in [3.05, 3.63) is 36.4 Å². The fraction of sp³-hybridized carbons (Fsp3) is 0.333. The van der Waals surface area contributed by atoms with Gasteiger partial charge in [-0.15, -0.1) is 0 Å². The molecule has 0 spiro atoms. The number of hydrogen-bond acceptors (Lipinski definition) is 2. The maximum atomic E-state index is 5.37. The zero-order valence-electron chi connectivity index (χ0n) is 11.2. The molecule has 0 amide bonds. The Balaban J connectivity index is 2.46. The Morgan fingerprint density at radius 2 is 2.00 bits per heavy atom. The third kappa shape index (κ3) is 1.58. The maximum absolute atomic E-state index is 5.37. The number of aryl methyl sites for hydroxylation is 1. The summed E-state index contributed by atoms with van der Waals surface area (Å²) in [4.78, 5) is 4.33. The van der Waals surface area contributed by atoms with Gasteiger partial charge in [-0.25, -0.2) is 9.55 Å². The molecule has 3 heteroatoms. The molecule has 0 unspecified atom stereocenters. The van der Waals surface area contributed by atoms with E-state index in [4.69, 9.17) is 4.42 Å². The molecule has 0 radical (unpaired) electrons. The van der Waals surface area contributed by atoms with E-state index in [1.54, 1.807) is 0 Å². The summed E-state index contributed by atoms with van der Waals surface area (Å²) in [6, 6.07) is 6.27. The number of nitrogens with zero attached hydrogens (tertiary/aromatic N) is 2. The van der Waals surface area contributed by atoms with Crippen LogP contribution in [0.5, 0.6) is 0 Å². The van der Waals surface area contributed by atoms with Gasteiger partial charge in [0.2, 0.25) is 5.52 Å². The monoisotopic (exact) mass is 241 g/mol. The highest BCUT2D eigenvalue weighted by molar-refractivity contribution is 6.00. The van der Waals surface area contributed by atoms with Gasteiger partial charge in [-0.3, -0.25) is 0 Å². The van der Waals surface area contributed by atoms with Crippen LogP contribution in [0.4, 0.5) is 0 Å². The molecular formula is C15H17N2O+. The van der Waals surface area contributed by atoms with Crippen LogP contribution in [-0.4, -0.2) is 4.98 Å². The molecule has 18 heavy (non-hydrogen) atoms. The van der Waals surface area contributed by atoms with Crippen LogP contribution in [-0.2, 0) is 12.5 Å². The summed E-state index contributed by atoms with van der Waals surface area (Å²) in [6.07, 6.45) is 3.70. The lowest BCUT2D eigenvalue weighted by molar-refractivity contribution is -0.645. The molecule has 1 aromatic carbocycles. The minimum absolute atomic E-state index is 0.123. The summed E-state index contributed by atoms with van der Waals surface area (Å²) in [5.74, 6) is 0. The first-order valence-corrected chi connectivity index (χ1v) is 6.13. The molecule has 3 rings (SSSR count). The summed E-state index contributed by atoms with van der Waals surface area (Å²) in [7, 11) is 2.07. The minimum atomic E-state index is 0.123. The molecular weight excluding hydrogens is 224 g/mol. The molecule has 0 aliphatic rings. The standard InChI is InChI=1S/C15H17N2O/c1-15(2,3)10-7-11-12(17(4)8-10)5-6-13-14(11)16-9-18-13/h5-9H,1-4H3/q+1. The number of hydrogen-bond donors (Lipinski definition) is 0. The highest BCUT2D eigenvalue weighted by Crippen LogP contribution is 2.27. The van der Waals surface area contributed by atoms with Crippen LogP contribution in [0.25, 0.3) is 22.0 Å². The molecule has 2 heterocycles. The summed E-state index contributed by atoms with van der Waals surface area (Å²) < 4.78 is 7.53. The number of aromatic nitrogens is 2. The number of oxazole rings is 1. The maximum Gasteiger partial charge on any atom is 0.214 e. The molecule has 0 saturated heterocycles. The van der Waals surface area contributed by atoms with Gasteiger partial charge >= 0.3 is 0 Å². The van der Waals surface area contributed by atoms with E-state index in [-0.39, 0.29) is 5.41 Å². The highest BCUT2D eigenvalue weighted by Gasteiger charge is 2.20. The molecule has 92 valence electrons. The van der Waals surface area contributed by atoms with Crippen molar-refractivity contribution >= 4 is 22.0 Å². The summed E-state index contributed by atoms with van der Waals surface area (Å²) >= 11 is 0. The minimum Gasteiger partial charge on any atom is -0.443 e. The number of rotatable bonds is 0. The average Bonchev–Trinajstić information content (AvgIpc) is 2.75. The van der Waals surface area contributed by atoms with E-state index in [0.29, 0.717) is 0 Å². The fourth-order valence-electron chi connectivity index (χ4n) is 2.27. The Bertz CT molecular complexity index is 735. The second kappa shape index (κ2) is 3.55. The van der Waals surface area contributed by atoms with Crippen LogP contribution >= 0.6 is 0 Å². The Labute approximate surface area is 106 Å². The Hall–Kier alpha value is -1.90. The first-order chi connectivity index (χ1) is 8.47. The molecule has 0 aliphatic carbocycles. The summed E-state index contributed by atoms with van der Waals surface area (Å²) in [5, 5.41) is 1.15. The molecule has 0 atom stereocenters. The van der Waals surface area contributed by atoms with Gasteiger partial charge in [-0.2, -0.15) is 0 Å². The van der Waals surface area contributed by atoms with Crippen molar-refractivity contribution in [2.75, 3.05) is 0 Å². The van der Waals surface area contributed by atoms with Crippen molar-refractivity contribution in [1.82, 2.24) is 4.98 Å².